The van der Waals surface area contributed by atoms with Crippen molar-refractivity contribution in [1.29, 1.82) is 0 Å². The SMILES string of the molecule is CCC1(CO)CCN(Cc2cnc3c(cnn3C(C)C)c2)CC1. The molecule has 0 radical (unpaired) electrons. The minimum atomic E-state index is 0.150. The summed E-state index contributed by atoms with van der Waals surface area (Å²) in [4.78, 5) is 7.09. The van der Waals surface area contributed by atoms with Crippen molar-refractivity contribution in [3.05, 3.63) is 24.0 Å². The molecule has 5 nitrogen and oxygen atoms in total. The van der Waals surface area contributed by atoms with Crippen LogP contribution in [0.4, 0.5) is 0 Å². The van der Waals surface area contributed by atoms with Crippen LogP contribution in [-0.4, -0.2) is 44.5 Å². The number of nitrogens with zero attached hydrogens (tertiary/aromatic N) is 4. The van der Waals surface area contributed by atoms with E-state index in [4.69, 9.17) is 0 Å². The van der Waals surface area contributed by atoms with Crippen molar-refractivity contribution in [2.45, 2.75) is 52.6 Å². The van der Waals surface area contributed by atoms with Crippen molar-refractivity contribution in [1.82, 2.24) is 19.7 Å². The molecule has 1 N–H and O–H groups in total. The summed E-state index contributed by atoms with van der Waals surface area (Å²) in [6, 6.07) is 2.54. The number of rotatable bonds is 5. The number of aliphatic hydroxyl groups is 1. The van der Waals surface area contributed by atoms with Crippen molar-refractivity contribution in [2.75, 3.05) is 19.7 Å². The number of aromatic nitrogens is 3. The quantitative estimate of drug-likeness (QED) is 0.921. The first-order valence-electron chi connectivity index (χ1n) is 8.72. The van der Waals surface area contributed by atoms with Crippen molar-refractivity contribution < 1.29 is 5.11 Å². The Kier molecular flexibility index (Phi) is 4.69. The van der Waals surface area contributed by atoms with Gasteiger partial charge in [0, 0.05) is 30.8 Å². The third kappa shape index (κ3) is 3.26. The Morgan fingerprint density at radius 1 is 1.26 bits per heavy atom. The van der Waals surface area contributed by atoms with Gasteiger partial charge in [-0.2, -0.15) is 5.10 Å². The van der Waals surface area contributed by atoms with Crippen LogP contribution in [0, 0.1) is 5.41 Å². The molecular formula is C18H28N4O. The van der Waals surface area contributed by atoms with Gasteiger partial charge in [0.05, 0.1) is 6.20 Å². The third-order valence-corrected chi connectivity index (χ3v) is 5.39. The van der Waals surface area contributed by atoms with E-state index in [-0.39, 0.29) is 5.41 Å². The van der Waals surface area contributed by atoms with Gasteiger partial charge in [-0.25, -0.2) is 9.67 Å². The summed E-state index contributed by atoms with van der Waals surface area (Å²) in [7, 11) is 0. The molecule has 2 aromatic heterocycles. The molecule has 0 unspecified atom stereocenters. The predicted molar refractivity (Wildman–Crippen MR) is 92.2 cm³/mol. The molecule has 0 spiro atoms. The van der Waals surface area contributed by atoms with E-state index in [0.29, 0.717) is 12.6 Å². The summed E-state index contributed by atoms with van der Waals surface area (Å²) >= 11 is 0. The van der Waals surface area contributed by atoms with E-state index in [1.165, 1.54) is 5.56 Å². The van der Waals surface area contributed by atoms with E-state index in [1.807, 2.05) is 17.1 Å². The summed E-state index contributed by atoms with van der Waals surface area (Å²) in [5.74, 6) is 0. The molecule has 0 bridgehead atoms. The smallest absolute Gasteiger partial charge is 0.157 e. The maximum absolute atomic E-state index is 9.65. The molecule has 1 aliphatic heterocycles. The van der Waals surface area contributed by atoms with Crippen LogP contribution >= 0.6 is 0 Å². The third-order valence-electron chi connectivity index (χ3n) is 5.39. The number of hydrogen-bond donors (Lipinski definition) is 1. The van der Waals surface area contributed by atoms with Crippen LogP contribution in [0.25, 0.3) is 11.0 Å². The molecule has 3 rings (SSSR count). The number of fused-ring (bicyclic) bond motifs is 1. The van der Waals surface area contributed by atoms with E-state index in [0.717, 1.165) is 49.9 Å². The van der Waals surface area contributed by atoms with Gasteiger partial charge in [0.1, 0.15) is 0 Å². The molecule has 2 aromatic rings. The summed E-state index contributed by atoms with van der Waals surface area (Å²) in [6.07, 6.45) is 7.13. The van der Waals surface area contributed by atoms with Crippen molar-refractivity contribution in [3.8, 4) is 0 Å². The molecule has 0 atom stereocenters. The standard InChI is InChI=1S/C18H28N4O/c1-4-18(13-23)5-7-21(8-6-18)12-15-9-16-11-20-22(14(2)3)17(16)19-10-15/h9-11,14,23H,4-8,12-13H2,1-3H3. The molecule has 1 fully saturated rings. The Balaban J connectivity index is 1.68. The van der Waals surface area contributed by atoms with Gasteiger partial charge in [-0.1, -0.05) is 6.92 Å². The van der Waals surface area contributed by atoms with Crippen molar-refractivity contribution in [3.63, 3.8) is 0 Å². The van der Waals surface area contributed by atoms with E-state index < -0.39 is 0 Å². The van der Waals surface area contributed by atoms with Crippen molar-refractivity contribution in [2.24, 2.45) is 5.41 Å². The second-order valence-electron chi connectivity index (χ2n) is 7.23. The Morgan fingerprint density at radius 2 is 2.00 bits per heavy atom. The zero-order chi connectivity index (χ0) is 16.4. The Bertz CT molecular complexity index is 650. The molecule has 23 heavy (non-hydrogen) atoms. The molecular weight excluding hydrogens is 288 g/mol. The van der Waals surface area contributed by atoms with Gasteiger partial charge >= 0.3 is 0 Å². The number of hydrogen-bond acceptors (Lipinski definition) is 4. The van der Waals surface area contributed by atoms with Gasteiger partial charge in [-0.15, -0.1) is 0 Å². The van der Waals surface area contributed by atoms with E-state index >= 15 is 0 Å². The first-order chi connectivity index (χ1) is 11.1. The monoisotopic (exact) mass is 316 g/mol. The lowest BCUT2D eigenvalue weighted by Gasteiger charge is -2.40. The van der Waals surface area contributed by atoms with E-state index in [9.17, 15) is 5.11 Å². The number of piperidine rings is 1. The normalized spacial score (nSPS) is 18.8. The molecule has 0 aliphatic carbocycles. The second kappa shape index (κ2) is 6.57. The topological polar surface area (TPSA) is 54.2 Å². The van der Waals surface area contributed by atoms with Gasteiger partial charge in [0.2, 0.25) is 0 Å². The largest absolute Gasteiger partial charge is 0.396 e. The average molecular weight is 316 g/mol. The van der Waals surface area contributed by atoms with E-state index in [2.05, 4.69) is 41.8 Å². The molecule has 126 valence electrons. The van der Waals surface area contributed by atoms with Crippen LogP contribution in [0.5, 0.6) is 0 Å². The summed E-state index contributed by atoms with van der Waals surface area (Å²) in [5, 5.41) is 15.2. The lowest BCUT2D eigenvalue weighted by Crippen LogP contribution is -2.41. The van der Waals surface area contributed by atoms with Crippen LogP contribution < -0.4 is 0 Å². The van der Waals surface area contributed by atoms with Crippen molar-refractivity contribution >= 4 is 11.0 Å². The number of aliphatic hydroxyl groups excluding tert-OH is 1. The van der Waals surface area contributed by atoms with Crippen LogP contribution in [-0.2, 0) is 6.54 Å². The highest BCUT2D eigenvalue weighted by Gasteiger charge is 2.32. The van der Waals surface area contributed by atoms with E-state index in [1.54, 1.807) is 0 Å². The Morgan fingerprint density at radius 3 is 2.61 bits per heavy atom. The maximum atomic E-state index is 9.65. The van der Waals surface area contributed by atoms with Gasteiger partial charge in [0.15, 0.2) is 5.65 Å². The average Bonchev–Trinajstić information content (AvgIpc) is 2.99. The Hall–Kier alpha value is -1.46. The zero-order valence-corrected chi connectivity index (χ0v) is 14.5. The van der Waals surface area contributed by atoms with Gasteiger partial charge in [-0.05, 0) is 63.2 Å². The summed E-state index contributed by atoms with van der Waals surface area (Å²) < 4.78 is 1.97. The first kappa shape index (κ1) is 16.4. The molecule has 1 saturated heterocycles. The summed E-state index contributed by atoms with van der Waals surface area (Å²) in [5.41, 5.74) is 2.36. The first-order valence-corrected chi connectivity index (χ1v) is 8.72. The van der Waals surface area contributed by atoms with Gasteiger partial charge in [-0.3, -0.25) is 4.90 Å². The fourth-order valence-corrected chi connectivity index (χ4v) is 3.52. The molecule has 0 saturated carbocycles. The fraction of sp³-hybridized carbons (Fsp3) is 0.667. The minimum Gasteiger partial charge on any atom is -0.396 e. The highest BCUT2D eigenvalue weighted by atomic mass is 16.3. The van der Waals surface area contributed by atoms with Gasteiger partial charge in [0.25, 0.3) is 0 Å². The van der Waals surface area contributed by atoms with Gasteiger partial charge < -0.3 is 5.11 Å². The zero-order valence-electron chi connectivity index (χ0n) is 14.5. The Labute approximate surface area is 138 Å². The molecule has 5 heteroatoms. The number of pyridine rings is 1. The molecule has 0 aromatic carbocycles. The molecule has 0 amide bonds. The van der Waals surface area contributed by atoms with Crippen LogP contribution in [0.2, 0.25) is 0 Å². The molecule has 3 heterocycles. The predicted octanol–water partition coefficient (Wildman–Crippen LogP) is 3.00. The second-order valence-corrected chi connectivity index (χ2v) is 7.23. The lowest BCUT2D eigenvalue weighted by atomic mass is 9.77. The van der Waals surface area contributed by atoms with Crippen LogP contribution in [0.15, 0.2) is 18.5 Å². The summed E-state index contributed by atoms with van der Waals surface area (Å²) in [6.45, 7) is 9.79. The fourth-order valence-electron chi connectivity index (χ4n) is 3.52. The lowest BCUT2D eigenvalue weighted by molar-refractivity contribution is 0.0382. The highest BCUT2D eigenvalue weighted by molar-refractivity contribution is 5.75. The minimum absolute atomic E-state index is 0.150. The maximum Gasteiger partial charge on any atom is 0.157 e. The van der Waals surface area contributed by atoms with Crippen LogP contribution in [0.3, 0.4) is 0 Å². The highest BCUT2D eigenvalue weighted by Crippen LogP contribution is 2.34. The number of likely N-dealkylation sites (tertiary alicyclic amines) is 1. The van der Waals surface area contributed by atoms with Crippen LogP contribution in [0.1, 0.15) is 51.6 Å². The molecule has 1 aliphatic rings.